The van der Waals surface area contributed by atoms with Gasteiger partial charge in [0.15, 0.2) is 5.79 Å². The van der Waals surface area contributed by atoms with E-state index >= 15 is 0 Å². The van der Waals surface area contributed by atoms with Gasteiger partial charge in [0.05, 0.1) is 12.2 Å². The SMILES string of the molecule is C/C=C1\CCC2C3C(CC[C@]12C)[C@@]1(C)CCCCC1[C@H]1OC(C)(C)O[C@H]31. The lowest BCUT2D eigenvalue weighted by Gasteiger charge is -2.62. The molecular formula is C24H38O2. The van der Waals surface area contributed by atoms with Crippen molar-refractivity contribution in [2.24, 2.45) is 34.5 Å². The summed E-state index contributed by atoms with van der Waals surface area (Å²) < 4.78 is 13.3. The Bertz CT molecular complexity index is 622. The Hall–Kier alpha value is -0.340. The molecule has 2 nitrogen and oxygen atoms in total. The Morgan fingerprint density at radius 1 is 0.846 bits per heavy atom. The lowest BCUT2D eigenvalue weighted by Crippen LogP contribution is -2.62. The Morgan fingerprint density at radius 2 is 1.62 bits per heavy atom. The second-order valence-corrected chi connectivity index (χ2v) is 11.0. The van der Waals surface area contributed by atoms with Crippen molar-refractivity contribution in [2.45, 2.75) is 104 Å². The van der Waals surface area contributed by atoms with E-state index in [-0.39, 0.29) is 0 Å². The first kappa shape index (κ1) is 17.7. The molecule has 5 rings (SSSR count). The smallest absolute Gasteiger partial charge is 0.163 e. The molecule has 1 heterocycles. The third-order valence-electron chi connectivity index (χ3n) is 9.64. The van der Waals surface area contributed by atoms with Crippen molar-refractivity contribution in [3.63, 3.8) is 0 Å². The fourth-order valence-corrected chi connectivity index (χ4v) is 8.56. The molecule has 0 N–H and O–H groups in total. The normalized spacial score (nSPS) is 56.6. The molecule has 0 bridgehead atoms. The molecule has 0 aromatic heterocycles. The second kappa shape index (κ2) is 5.60. The molecule has 0 spiro atoms. The summed E-state index contributed by atoms with van der Waals surface area (Å²) in [5.74, 6) is 2.62. The molecule has 2 heteroatoms. The van der Waals surface area contributed by atoms with Crippen molar-refractivity contribution >= 4 is 0 Å². The summed E-state index contributed by atoms with van der Waals surface area (Å²) in [6.45, 7) is 11.8. The van der Waals surface area contributed by atoms with Crippen molar-refractivity contribution in [1.82, 2.24) is 0 Å². The molecule has 1 aliphatic heterocycles. The van der Waals surface area contributed by atoms with Crippen LogP contribution in [-0.4, -0.2) is 18.0 Å². The van der Waals surface area contributed by atoms with Gasteiger partial charge >= 0.3 is 0 Å². The highest BCUT2D eigenvalue weighted by molar-refractivity contribution is 5.25. The van der Waals surface area contributed by atoms with Crippen LogP contribution in [-0.2, 0) is 9.47 Å². The van der Waals surface area contributed by atoms with Gasteiger partial charge in [-0.25, -0.2) is 0 Å². The quantitative estimate of drug-likeness (QED) is 0.487. The van der Waals surface area contributed by atoms with E-state index in [4.69, 9.17) is 9.47 Å². The first-order valence-electron chi connectivity index (χ1n) is 11.3. The molecule has 0 radical (unpaired) electrons. The van der Waals surface area contributed by atoms with E-state index in [1.165, 1.54) is 51.4 Å². The third kappa shape index (κ3) is 2.18. The predicted molar refractivity (Wildman–Crippen MR) is 105 cm³/mol. The van der Waals surface area contributed by atoms with E-state index in [0.717, 1.165) is 11.8 Å². The zero-order valence-corrected chi connectivity index (χ0v) is 17.5. The van der Waals surface area contributed by atoms with Crippen molar-refractivity contribution in [3.8, 4) is 0 Å². The van der Waals surface area contributed by atoms with E-state index in [9.17, 15) is 0 Å². The van der Waals surface area contributed by atoms with Gasteiger partial charge in [0, 0.05) is 0 Å². The van der Waals surface area contributed by atoms with Crippen LogP contribution in [0.15, 0.2) is 11.6 Å². The minimum atomic E-state index is -0.404. The summed E-state index contributed by atoms with van der Waals surface area (Å²) in [6.07, 6.45) is 14.1. The minimum Gasteiger partial charge on any atom is -0.344 e. The second-order valence-electron chi connectivity index (χ2n) is 11.0. The van der Waals surface area contributed by atoms with E-state index in [0.29, 0.717) is 34.9 Å². The van der Waals surface area contributed by atoms with E-state index < -0.39 is 5.79 Å². The van der Waals surface area contributed by atoms with Crippen LogP contribution < -0.4 is 0 Å². The average Bonchev–Trinajstić information content (AvgIpc) is 3.09. The molecule has 4 aliphatic carbocycles. The molecule has 5 fully saturated rings. The van der Waals surface area contributed by atoms with Gasteiger partial charge in [-0.05, 0) is 93.8 Å². The number of allylic oxidation sites excluding steroid dienone is 2. The number of hydrogen-bond donors (Lipinski definition) is 0. The van der Waals surface area contributed by atoms with Crippen LogP contribution in [0.5, 0.6) is 0 Å². The summed E-state index contributed by atoms with van der Waals surface area (Å²) in [4.78, 5) is 0. The first-order chi connectivity index (χ1) is 12.3. The molecule has 1 saturated heterocycles. The van der Waals surface area contributed by atoms with E-state index in [2.05, 4.69) is 40.7 Å². The highest BCUT2D eigenvalue weighted by Gasteiger charge is 2.67. The van der Waals surface area contributed by atoms with Crippen LogP contribution in [0.4, 0.5) is 0 Å². The molecule has 0 aromatic carbocycles. The Kier molecular flexibility index (Phi) is 3.82. The fraction of sp³-hybridized carbons (Fsp3) is 0.917. The highest BCUT2D eigenvalue weighted by Crippen LogP contribution is 2.69. The third-order valence-corrected chi connectivity index (χ3v) is 9.64. The molecule has 26 heavy (non-hydrogen) atoms. The van der Waals surface area contributed by atoms with Gasteiger partial charge in [0.2, 0.25) is 0 Å². The largest absolute Gasteiger partial charge is 0.344 e. The maximum Gasteiger partial charge on any atom is 0.163 e. The summed E-state index contributed by atoms with van der Waals surface area (Å²) in [6, 6.07) is 0. The van der Waals surface area contributed by atoms with Crippen LogP contribution in [0.1, 0.15) is 86.0 Å². The number of fused-ring (bicyclic) bond motifs is 8. The average molecular weight is 359 g/mol. The maximum absolute atomic E-state index is 6.70. The molecule has 0 amide bonds. The van der Waals surface area contributed by atoms with E-state index in [1.807, 2.05) is 0 Å². The maximum atomic E-state index is 6.70. The standard InChI is InChI=1S/C24H38O2/c1-6-15-10-11-16-19-17(12-14-23(15,16)4)24(5)13-8-7-9-18(24)20-21(19)26-22(2,3)25-20/h6,16-21H,7-14H2,1-5H3/b15-6+/t16?,17?,18?,19?,20-,21-,23-,24-/m1/s1. The van der Waals surface area contributed by atoms with Gasteiger partial charge in [-0.15, -0.1) is 0 Å². The van der Waals surface area contributed by atoms with Crippen LogP contribution in [0.2, 0.25) is 0 Å². The number of rotatable bonds is 0. The van der Waals surface area contributed by atoms with Gasteiger partial charge in [-0.2, -0.15) is 0 Å². The molecule has 4 unspecified atom stereocenters. The van der Waals surface area contributed by atoms with Gasteiger partial charge in [-0.3, -0.25) is 0 Å². The number of ether oxygens (including phenoxy) is 2. The monoisotopic (exact) mass is 358 g/mol. The van der Waals surface area contributed by atoms with Crippen LogP contribution in [0, 0.1) is 34.5 Å². The zero-order valence-electron chi connectivity index (χ0n) is 17.5. The topological polar surface area (TPSA) is 18.5 Å². The highest BCUT2D eigenvalue weighted by atomic mass is 16.8. The van der Waals surface area contributed by atoms with Gasteiger partial charge in [-0.1, -0.05) is 38.3 Å². The molecule has 146 valence electrons. The Morgan fingerprint density at radius 3 is 2.38 bits per heavy atom. The summed E-state index contributed by atoms with van der Waals surface area (Å²) in [7, 11) is 0. The lowest BCUT2D eigenvalue weighted by molar-refractivity contribution is -0.171. The van der Waals surface area contributed by atoms with E-state index in [1.54, 1.807) is 5.57 Å². The zero-order chi connectivity index (χ0) is 18.3. The first-order valence-corrected chi connectivity index (χ1v) is 11.3. The molecule has 4 saturated carbocycles. The number of hydrogen-bond acceptors (Lipinski definition) is 2. The lowest BCUT2D eigenvalue weighted by atomic mass is 9.44. The summed E-state index contributed by atoms with van der Waals surface area (Å²) >= 11 is 0. The molecule has 5 aliphatic rings. The predicted octanol–water partition coefficient (Wildman–Crippen LogP) is 6.11. The Balaban J connectivity index is 1.60. The van der Waals surface area contributed by atoms with Crippen LogP contribution in [0.3, 0.4) is 0 Å². The minimum absolute atomic E-state index is 0.326. The molecule has 8 atom stereocenters. The van der Waals surface area contributed by atoms with Crippen LogP contribution >= 0.6 is 0 Å². The Labute approximate surface area is 160 Å². The van der Waals surface area contributed by atoms with Gasteiger partial charge in [0.25, 0.3) is 0 Å². The van der Waals surface area contributed by atoms with Gasteiger partial charge in [0.1, 0.15) is 0 Å². The molecular weight excluding hydrogens is 320 g/mol. The van der Waals surface area contributed by atoms with Crippen molar-refractivity contribution in [2.75, 3.05) is 0 Å². The summed E-state index contributed by atoms with van der Waals surface area (Å²) in [5, 5.41) is 0. The van der Waals surface area contributed by atoms with Crippen LogP contribution in [0.25, 0.3) is 0 Å². The van der Waals surface area contributed by atoms with Crippen molar-refractivity contribution in [3.05, 3.63) is 11.6 Å². The van der Waals surface area contributed by atoms with Crippen molar-refractivity contribution in [1.29, 1.82) is 0 Å². The van der Waals surface area contributed by atoms with Crippen molar-refractivity contribution < 1.29 is 9.47 Å². The van der Waals surface area contributed by atoms with Gasteiger partial charge < -0.3 is 9.47 Å². The fourth-order valence-electron chi connectivity index (χ4n) is 8.56. The summed E-state index contributed by atoms with van der Waals surface area (Å²) in [5.41, 5.74) is 2.61. The molecule has 0 aromatic rings.